The highest BCUT2D eigenvalue weighted by Gasteiger charge is 2.24. The topological polar surface area (TPSA) is 59.0 Å². The number of aliphatic imine (C=N–C) groups is 1. The third-order valence-electron chi connectivity index (χ3n) is 5.44. The van der Waals surface area contributed by atoms with E-state index in [0.29, 0.717) is 12.2 Å². The monoisotopic (exact) mass is 408 g/mol. The van der Waals surface area contributed by atoms with Crippen LogP contribution in [0.25, 0.3) is 0 Å². The third kappa shape index (κ3) is 6.16. The minimum absolute atomic E-state index is 0.120. The van der Waals surface area contributed by atoms with Crippen LogP contribution < -0.4 is 5.32 Å². The van der Waals surface area contributed by atoms with Gasteiger partial charge in [0, 0.05) is 50.5 Å². The second-order valence-electron chi connectivity index (χ2n) is 8.76. The number of hydrogen-bond donors (Lipinski definition) is 1. The lowest BCUT2D eigenvalue weighted by molar-refractivity contribution is -0.0367. The Bertz CT molecular complexity index is 627. The number of guanidine groups is 1. The Morgan fingerprint density at radius 3 is 2.75 bits per heavy atom. The van der Waals surface area contributed by atoms with E-state index in [-0.39, 0.29) is 5.41 Å². The van der Waals surface area contributed by atoms with Crippen molar-refractivity contribution in [1.29, 1.82) is 0 Å². The van der Waals surface area contributed by atoms with E-state index >= 15 is 0 Å². The van der Waals surface area contributed by atoms with Gasteiger partial charge in [-0.3, -0.25) is 4.99 Å². The zero-order valence-electron chi connectivity index (χ0n) is 17.9. The molecule has 0 spiro atoms. The van der Waals surface area contributed by atoms with Crippen LogP contribution in [0, 0.1) is 0 Å². The Morgan fingerprint density at radius 1 is 1.36 bits per heavy atom. The van der Waals surface area contributed by atoms with Crippen molar-refractivity contribution in [1.82, 2.24) is 15.2 Å². The molecule has 0 saturated carbocycles. The summed E-state index contributed by atoms with van der Waals surface area (Å²) in [7, 11) is 1.86. The lowest BCUT2D eigenvalue weighted by Crippen LogP contribution is -2.47. The van der Waals surface area contributed by atoms with Crippen LogP contribution in [0.3, 0.4) is 0 Å². The molecule has 6 nitrogen and oxygen atoms in total. The molecule has 1 aromatic rings. The number of aromatic nitrogens is 1. The van der Waals surface area contributed by atoms with Gasteiger partial charge in [-0.05, 0) is 25.7 Å². The molecule has 2 fully saturated rings. The van der Waals surface area contributed by atoms with Gasteiger partial charge in [-0.1, -0.05) is 20.8 Å². The van der Waals surface area contributed by atoms with Crippen molar-refractivity contribution in [3.8, 4) is 0 Å². The first-order chi connectivity index (χ1) is 13.5. The fraction of sp³-hybridized carbons (Fsp3) is 0.810. The van der Waals surface area contributed by atoms with Crippen molar-refractivity contribution in [3.63, 3.8) is 0 Å². The number of thiazole rings is 1. The van der Waals surface area contributed by atoms with E-state index in [2.05, 4.69) is 41.4 Å². The van der Waals surface area contributed by atoms with Gasteiger partial charge in [0.2, 0.25) is 0 Å². The summed E-state index contributed by atoms with van der Waals surface area (Å²) in [6.07, 6.45) is 6.02. The Morgan fingerprint density at radius 2 is 2.14 bits per heavy atom. The van der Waals surface area contributed by atoms with Crippen molar-refractivity contribution in [2.45, 2.75) is 70.5 Å². The van der Waals surface area contributed by atoms with Crippen LogP contribution in [0.15, 0.2) is 10.4 Å². The number of hydrogen-bond acceptors (Lipinski definition) is 5. The molecule has 0 bridgehead atoms. The molecule has 3 heterocycles. The number of likely N-dealkylation sites (tertiary alicyclic amines) is 1. The van der Waals surface area contributed by atoms with Crippen LogP contribution in [0.2, 0.25) is 0 Å². The fourth-order valence-corrected chi connectivity index (χ4v) is 4.66. The van der Waals surface area contributed by atoms with Crippen molar-refractivity contribution in [2.24, 2.45) is 4.99 Å². The minimum Gasteiger partial charge on any atom is -0.376 e. The Balaban J connectivity index is 1.37. The molecular formula is C21H36N4O2S. The van der Waals surface area contributed by atoms with Crippen LogP contribution in [-0.4, -0.2) is 67.9 Å². The van der Waals surface area contributed by atoms with E-state index in [1.54, 1.807) is 11.3 Å². The summed E-state index contributed by atoms with van der Waals surface area (Å²) in [4.78, 5) is 11.6. The first-order valence-electron chi connectivity index (χ1n) is 10.6. The fourth-order valence-electron chi connectivity index (χ4n) is 3.64. The molecule has 1 atom stereocenters. The lowest BCUT2D eigenvalue weighted by atomic mass is 9.93. The van der Waals surface area contributed by atoms with Crippen LogP contribution in [0.1, 0.15) is 57.2 Å². The predicted molar refractivity (Wildman–Crippen MR) is 115 cm³/mol. The molecule has 2 aliphatic heterocycles. The standard InChI is InChI=1S/C21H36N4O2S/c1-21(2,3)18-15-28-19(24-18)7-10-23-20(22-4)25-11-8-16(9-12-25)27-14-17-6-5-13-26-17/h15-17H,5-14H2,1-4H3,(H,22,23). The Hall–Kier alpha value is -1.18. The summed E-state index contributed by atoms with van der Waals surface area (Å²) in [5.41, 5.74) is 1.30. The molecular weight excluding hydrogens is 372 g/mol. The lowest BCUT2D eigenvalue weighted by Gasteiger charge is -2.34. The first kappa shape index (κ1) is 21.5. The normalized spacial score (nSPS) is 22.1. The maximum atomic E-state index is 6.08. The maximum absolute atomic E-state index is 6.08. The largest absolute Gasteiger partial charge is 0.376 e. The molecule has 1 unspecified atom stereocenters. The summed E-state index contributed by atoms with van der Waals surface area (Å²) in [6.45, 7) is 11.1. The Labute approximate surface area is 173 Å². The number of ether oxygens (including phenoxy) is 2. The Kier molecular flexibility index (Phi) is 7.71. The van der Waals surface area contributed by atoms with E-state index < -0.39 is 0 Å². The smallest absolute Gasteiger partial charge is 0.193 e. The van der Waals surface area contributed by atoms with E-state index in [0.717, 1.165) is 64.5 Å². The third-order valence-corrected chi connectivity index (χ3v) is 6.35. The molecule has 0 aromatic carbocycles. The van der Waals surface area contributed by atoms with Crippen molar-refractivity contribution < 1.29 is 9.47 Å². The maximum Gasteiger partial charge on any atom is 0.193 e. The molecule has 0 amide bonds. The molecule has 2 saturated heterocycles. The van der Waals surface area contributed by atoms with Crippen LogP contribution >= 0.6 is 11.3 Å². The highest BCUT2D eigenvalue weighted by Crippen LogP contribution is 2.24. The summed E-state index contributed by atoms with van der Waals surface area (Å²) in [5.74, 6) is 0.991. The van der Waals surface area contributed by atoms with Gasteiger partial charge in [-0.25, -0.2) is 4.98 Å². The first-order valence-corrected chi connectivity index (χ1v) is 11.5. The van der Waals surface area contributed by atoms with Gasteiger partial charge in [-0.15, -0.1) is 11.3 Å². The summed E-state index contributed by atoms with van der Waals surface area (Å²) in [6, 6.07) is 0. The second kappa shape index (κ2) is 10.0. The SMILES string of the molecule is CN=C(NCCc1nc(C(C)(C)C)cs1)N1CCC(OCC2CCCO2)CC1. The van der Waals surface area contributed by atoms with Crippen molar-refractivity contribution in [2.75, 3.05) is 39.9 Å². The van der Waals surface area contributed by atoms with E-state index in [9.17, 15) is 0 Å². The van der Waals surface area contributed by atoms with Gasteiger partial charge < -0.3 is 19.7 Å². The summed E-state index contributed by atoms with van der Waals surface area (Å²) in [5, 5.41) is 6.88. The highest BCUT2D eigenvalue weighted by molar-refractivity contribution is 7.09. The van der Waals surface area contributed by atoms with Crippen LogP contribution in [0.5, 0.6) is 0 Å². The molecule has 1 N–H and O–H groups in total. The van der Waals surface area contributed by atoms with Crippen molar-refractivity contribution >= 4 is 17.3 Å². The van der Waals surface area contributed by atoms with Crippen molar-refractivity contribution in [3.05, 3.63) is 16.1 Å². The van der Waals surface area contributed by atoms with Gasteiger partial charge in [0.05, 0.1) is 29.5 Å². The number of nitrogens with zero attached hydrogens (tertiary/aromatic N) is 3. The molecule has 28 heavy (non-hydrogen) atoms. The summed E-state index contributed by atoms with van der Waals surface area (Å²) < 4.78 is 11.7. The highest BCUT2D eigenvalue weighted by atomic mass is 32.1. The number of nitrogens with one attached hydrogen (secondary N) is 1. The van der Waals surface area contributed by atoms with E-state index in [1.165, 1.54) is 17.1 Å². The predicted octanol–water partition coefficient (Wildman–Crippen LogP) is 3.22. The average molecular weight is 409 g/mol. The van der Waals surface area contributed by atoms with E-state index in [4.69, 9.17) is 14.5 Å². The van der Waals surface area contributed by atoms with E-state index in [1.807, 2.05) is 7.05 Å². The second-order valence-corrected chi connectivity index (χ2v) is 9.70. The van der Waals surface area contributed by atoms with Gasteiger partial charge >= 0.3 is 0 Å². The zero-order valence-corrected chi connectivity index (χ0v) is 18.7. The van der Waals surface area contributed by atoms with Gasteiger partial charge in [-0.2, -0.15) is 0 Å². The van der Waals surface area contributed by atoms with Gasteiger partial charge in [0.25, 0.3) is 0 Å². The van der Waals surface area contributed by atoms with Crippen LogP contribution in [0.4, 0.5) is 0 Å². The molecule has 1 aromatic heterocycles. The minimum atomic E-state index is 0.120. The van der Waals surface area contributed by atoms with Crippen LogP contribution in [-0.2, 0) is 21.3 Å². The zero-order chi connectivity index (χ0) is 20.0. The average Bonchev–Trinajstić information content (AvgIpc) is 3.36. The quantitative estimate of drug-likeness (QED) is 0.579. The molecule has 158 valence electrons. The summed E-state index contributed by atoms with van der Waals surface area (Å²) >= 11 is 1.76. The molecule has 3 rings (SSSR count). The van der Waals surface area contributed by atoms with Gasteiger partial charge in [0.1, 0.15) is 0 Å². The molecule has 2 aliphatic rings. The number of piperidine rings is 1. The molecule has 0 aliphatic carbocycles. The molecule has 0 radical (unpaired) electrons. The molecule has 7 heteroatoms. The number of rotatable bonds is 6. The van der Waals surface area contributed by atoms with Gasteiger partial charge in [0.15, 0.2) is 5.96 Å².